The van der Waals surface area contributed by atoms with Gasteiger partial charge in [0.2, 0.25) is 0 Å². The molecular weight excluding hydrogens is 224 g/mol. The first-order chi connectivity index (χ1) is 8.70. The molecule has 2 N–H and O–H groups in total. The van der Waals surface area contributed by atoms with Gasteiger partial charge >= 0.3 is 0 Å². The van der Waals surface area contributed by atoms with Gasteiger partial charge in [-0.05, 0) is 31.5 Å². The van der Waals surface area contributed by atoms with Crippen LogP contribution < -0.4 is 15.8 Å². The minimum absolute atomic E-state index is 0.0882. The van der Waals surface area contributed by atoms with Gasteiger partial charge in [0.25, 0.3) is 0 Å². The molecule has 1 unspecified atom stereocenters. The van der Waals surface area contributed by atoms with Gasteiger partial charge in [-0.1, -0.05) is 18.2 Å². The highest BCUT2D eigenvalue weighted by Crippen LogP contribution is 2.42. The van der Waals surface area contributed by atoms with Gasteiger partial charge < -0.3 is 4.90 Å². The Morgan fingerprint density at radius 1 is 1.11 bits per heavy atom. The number of aryl methyl sites for hydroxylation is 1. The highest BCUT2D eigenvalue weighted by Gasteiger charge is 2.32. The van der Waals surface area contributed by atoms with Crippen molar-refractivity contribution >= 4 is 17.1 Å². The number of benzene rings is 1. The van der Waals surface area contributed by atoms with E-state index in [1.807, 2.05) is 18.3 Å². The standard InChI is InChI=1S/C14H16N4/c1-10-5-3-4-6-12(10)17-11(2)18(15)14-9-16-8-7-13(14)17/h3-9,11H,15H2,1-2H3. The second-order valence-electron chi connectivity index (χ2n) is 4.56. The van der Waals surface area contributed by atoms with E-state index in [1.165, 1.54) is 11.3 Å². The maximum Gasteiger partial charge on any atom is 0.118 e. The molecule has 0 bridgehead atoms. The van der Waals surface area contributed by atoms with Crippen molar-refractivity contribution in [3.63, 3.8) is 0 Å². The van der Waals surface area contributed by atoms with Crippen LogP contribution in [0.2, 0.25) is 0 Å². The van der Waals surface area contributed by atoms with E-state index in [4.69, 9.17) is 5.84 Å². The Balaban J connectivity index is 2.16. The normalized spacial score (nSPS) is 18.1. The quantitative estimate of drug-likeness (QED) is 0.778. The molecule has 1 aromatic carbocycles. The number of hydrogen-bond donors (Lipinski definition) is 1. The maximum absolute atomic E-state index is 6.12. The van der Waals surface area contributed by atoms with Crippen LogP contribution >= 0.6 is 0 Å². The number of pyridine rings is 1. The van der Waals surface area contributed by atoms with Crippen LogP contribution in [-0.4, -0.2) is 11.1 Å². The molecule has 92 valence electrons. The van der Waals surface area contributed by atoms with Crippen LogP contribution in [0.25, 0.3) is 0 Å². The second-order valence-corrected chi connectivity index (χ2v) is 4.56. The van der Waals surface area contributed by atoms with Crippen molar-refractivity contribution in [1.29, 1.82) is 0 Å². The molecule has 2 heterocycles. The summed E-state index contributed by atoms with van der Waals surface area (Å²) in [5, 5.41) is 1.76. The van der Waals surface area contributed by atoms with Gasteiger partial charge in [0.15, 0.2) is 0 Å². The molecule has 1 aliphatic rings. The maximum atomic E-state index is 6.12. The Bertz CT molecular complexity index is 582. The van der Waals surface area contributed by atoms with Crippen LogP contribution in [0.4, 0.5) is 17.1 Å². The highest BCUT2D eigenvalue weighted by molar-refractivity contribution is 5.83. The van der Waals surface area contributed by atoms with Crippen LogP contribution in [0.5, 0.6) is 0 Å². The molecular formula is C14H16N4. The number of nitrogens with two attached hydrogens (primary N) is 1. The van der Waals surface area contributed by atoms with Crippen LogP contribution in [0, 0.1) is 6.92 Å². The predicted octanol–water partition coefficient (Wildman–Crippen LogP) is 2.57. The Kier molecular flexibility index (Phi) is 2.45. The fourth-order valence-electron chi connectivity index (χ4n) is 2.47. The summed E-state index contributed by atoms with van der Waals surface area (Å²) in [7, 11) is 0. The lowest BCUT2D eigenvalue weighted by Crippen LogP contribution is -2.43. The van der Waals surface area contributed by atoms with Crippen molar-refractivity contribution in [3.8, 4) is 0 Å². The monoisotopic (exact) mass is 240 g/mol. The number of anilines is 3. The topological polar surface area (TPSA) is 45.4 Å². The van der Waals surface area contributed by atoms with Crippen molar-refractivity contribution in [2.24, 2.45) is 5.84 Å². The molecule has 1 aliphatic heterocycles. The van der Waals surface area contributed by atoms with Crippen LogP contribution in [0.15, 0.2) is 42.7 Å². The van der Waals surface area contributed by atoms with E-state index >= 15 is 0 Å². The van der Waals surface area contributed by atoms with Crippen molar-refractivity contribution < 1.29 is 0 Å². The van der Waals surface area contributed by atoms with Crippen molar-refractivity contribution in [3.05, 3.63) is 48.3 Å². The summed E-state index contributed by atoms with van der Waals surface area (Å²) >= 11 is 0. The van der Waals surface area contributed by atoms with Gasteiger partial charge in [-0.25, -0.2) is 5.84 Å². The van der Waals surface area contributed by atoms with Crippen LogP contribution in [0.3, 0.4) is 0 Å². The zero-order valence-electron chi connectivity index (χ0n) is 10.5. The average Bonchev–Trinajstić information content (AvgIpc) is 2.64. The molecule has 0 fully saturated rings. The lowest BCUT2D eigenvalue weighted by Gasteiger charge is -2.28. The molecule has 4 nitrogen and oxygen atoms in total. The molecule has 4 heteroatoms. The number of nitrogens with zero attached hydrogens (tertiary/aromatic N) is 3. The summed E-state index contributed by atoms with van der Waals surface area (Å²) < 4.78 is 0. The molecule has 0 amide bonds. The Morgan fingerprint density at radius 2 is 1.89 bits per heavy atom. The van der Waals surface area contributed by atoms with E-state index in [0.717, 1.165) is 11.4 Å². The molecule has 0 spiro atoms. The SMILES string of the molecule is Cc1ccccc1N1c2ccncc2N(N)C1C. The van der Waals surface area contributed by atoms with Gasteiger partial charge in [0, 0.05) is 11.9 Å². The smallest absolute Gasteiger partial charge is 0.118 e. The predicted molar refractivity (Wildman–Crippen MR) is 73.7 cm³/mol. The number of hydrogen-bond acceptors (Lipinski definition) is 4. The first-order valence-corrected chi connectivity index (χ1v) is 6.03. The van der Waals surface area contributed by atoms with E-state index in [9.17, 15) is 0 Å². The van der Waals surface area contributed by atoms with E-state index < -0.39 is 0 Å². The lowest BCUT2D eigenvalue weighted by atomic mass is 10.1. The van der Waals surface area contributed by atoms with E-state index in [1.54, 1.807) is 11.2 Å². The third kappa shape index (κ3) is 1.46. The minimum atomic E-state index is 0.0882. The van der Waals surface area contributed by atoms with Gasteiger partial charge in [0.05, 0.1) is 17.6 Å². The minimum Gasteiger partial charge on any atom is -0.317 e. The number of aromatic nitrogens is 1. The average molecular weight is 240 g/mol. The summed E-state index contributed by atoms with van der Waals surface area (Å²) in [6.45, 7) is 4.20. The van der Waals surface area contributed by atoms with Gasteiger partial charge in [-0.3, -0.25) is 9.99 Å². The summed E-state index contributed by atoms with van der Waals surface area (Å²) in [5.74, 6) is 6.12. The highest BCUT2D eigenvalue weighted by atomic mass is 15.5. The van der Waals surface area contributed by atoms with Gasteiger partial charge in [-0.15, -0.1) is 0 Å². The molecule has 0 aliphatic carbocycles. The van der Waals surface area contributed by atoms with Gasteiger partial charge in [-0.2, -0.15) is 0 Å². The van der Waals surface area contributed by atoms with Gasteiger partial charge in [0.1, 0.15) is 6.17 Å². The van der Waals surface area contributed by atoms with Crippen LogP contribution in [-0.2, 0) is 0 Å². The second kappa shape index (κ2) is 3.99. The first kappa shape index (κ1) is 11.0. The van der Waals surface area contributed by atoms with E-state index in [2.05, 4.69) is 41.9 Å². The molecule has 0 radical (unpaired) electrons. The molecule has 3 rings (SSSR count). The number of rotatable bonds is 1. The lowest BCUT2D eigenvalue weighted by molar-refractivity contribution is 0.697. The Labute approximate surface area is 107 Å². The number of fused-ring (bicyclic) bond motifs is 1. The third-order valence-corrected chi connectivity index (χ3v) is 3.47. The van der Waals surface area contributed by atoms with Crippen molar-refractivity contribution in [1.82, 2.24) is 4.98 Å². The summed E-state index contributed by atoms with van der Waals surface area (Å²) in [6, 6.07) is 10.3. The zero-order valence-corrected chi connectivity index (χ0v) is 10.5. The molecule has 1 atom stereocenters. The summed E-state index contributed by atoms with van der Waals surface area (Å²) in [4.78, 5) is 6.39. The number of hydrazine groups is 1. The Hall–Kier alpha value is -2.07. The number of para-hydroxylation sites is 1. The third-order valence-electron chi connectivity index (χ3n) is 3.47. The van der Waals surface area contributed by atoms with Crippen molar-refractivity contribution in [2.75, 3.05) is 9.91 Å². The summed E-state index contributed by atoms with van der Waals surface area (Å²) in [5.41, 5.74) is 4.50. The largest absolute Gasteiger partial charge is 0.317 e. The summed E-state index contributed by atoms with van der Waals surface area (Å²) in [6.07, 6.45) is 3.70. The molecule has 1 aromatic heterocycles. The van der Waals surface area contributed by atoms with Crippen molar-refractivity contribution in [2.45, 2.75) is 20.0 Å². The van der Waals surface area contributed by atoms with E-state index in [0.29, 0.717) is 0 Å². The molecule has 0 saturated carbocycles. The first-order valence-electron chi connectivity index (χ1n) is 6.03. The molecule has 18 heavy (non-hydrogen) atoms. The molecule has 0 saturated heterocycles. The van der Waals surface area contributed by atoms with Crippen LogP contribution in [0.1, 0.15) is 12.5 Å². The fourth-order valence-corrected chi connectivity index (χ4v) is 2.47. The molecule has 2 aromatic rings. The fraction of sp³-hybridized carbons (Fsp3) is 0.214. The van der Waals surface area contributed by atoms with E-state index in [-0.39, 0.29) is 6.17 Å². The Morgan fingerprint density at radius 3 is 2.67 bits per heavy atom. The zero-order chi connectivity index (χ0) is 12.7.